The Morgan fingerprint density at radius 2 is 1.82 bits per heavy atom. The number of anilines is 1. The molecular formula is C19H27N5O4. The van der Waals surface area contributed by atoms with Gasteiger partial charge in [-0.1, -0.05) is 38.1 Å². The third-order valence-electron chi connectivity index (χ3n) is 4.25. The van der Waals surface area contributed by atoms with E-state index >= 15 is 0 Å². The molecule has 0 aliphatic rings. The average molecular weight is 389 g/mol. The molecule has 0 fully saturated rings. The van der Waals surface area contributed by atoms with Crippen LogP contribution in [-0.2, 0) is 17.8 Å². The Morgan fingerprint density at radius 3 is 2.43 bits per heavy atom. The molecule has 9 heteroatoms. The Kier molecular flexibility index (Phi) is 8.57. The molecule has 1 aromatic carbocycles. The SMILES string of the molecule is CCN(CC)Cc1ccc(CNc2nc(OCCOC)ncc2[N+](=O)[O-])cc1. The molecule has 2 aromatic rings. The summed E-state index contributed by atoms with van der Waals surface area (Å²) in [5, 5.41) is 14.2. The Labute approximate surface area is 164 Å². The van der Waals surface area contributed by atoms with Gasteiger partial charge in [-0.2, -0.15) is 9.97 Å². The summed E-state index contributed by atoms with van der Waals surface area (Å²) in [5.41, 5.74) is 2.03. The van der Waals surface area contributed by atoms with Crippen molar-refractivity contribution in [2.24, 2.45) is 0 Å². The number of hydrogen-bond acceptors (Lipinski definition) is 8. The molecule has 1 N–H and O–H groups in total. The smallest absolute Gasteiger partial charge is 0.329 e. The summed E-state index contributed by atoms with van der Waals surface area (Å²) < 4.78 is 10.2. The maximum Gasteiger partial charge on any atom is 0.329 e. The van der Waals surface area contributed by atoms with Crippen LogP contribution in [0.25, 0.3) is 0 Å². The van der Waals surface area contributed by atoms with Crippen molar-refractivity contribution >= 4 is 11.5 Å². The van der Waals surface area contributed by atoms with Gasteiger partial charge in [0.05, 0.1) is 11.5 Å². The second kappa shape index (κ2) is 11.2. The van der Waals surface area contributed by atoms with E-state index < -0.39 is 4.92 Å². The van der Waals surface area contributed by atoms with E-state index in [1.54, 1.807) is 7.11 Å². The molecule has 2 rings (SSSR count). The van der Waals surface area contributed by atoms with Gasteiger partial charge in [-0.15, -0.1) is 0 Å². The van der Waals surface area contributed by atoms with Crippen LogP contribution < -0.4 is 10.1 Å². The summed E-state index contributed by atoms with van der Waals surface area (Å²) in [4.78, 5) is 21.0. The lowest BCUT2D eigenvalue weighted by Crippen LogP contribution is -2.22. The molecule has 9 nitrogen and oxygen atoms in total. The first-order valence-corrected chi connectivity index (χ1v) is 9.24. The maximum atomic E-state index is 11.2. The van der Waals surface area contributed by atoms with Crippen molar-refractivity contribution < 1.29 is 14.4 Å². The zero-order valence-corrected chi connectivity index (χ0v) is 16.6. The minimum absolute atomic E-state index is 0.0692. The molecule has 1 aromatic heterocycles. The Morgan fingerprint density at radius 1 is 1.14 bits per heavy atom. The van der Waals surface area contributed by atoms with Crippen LogP contribution in [0.1, 0.15) is 25.0 Å². The molecule has 1 heterocycles. The van der Waals surface area contributed by atoms with Gasteiger partial charge in [0, 0.05) is 20.2 Å². The molecule has 28 heavy (non-hydrogen) atoms. The second-order valence-corrected chi connectivity index (χ2v) is 6.12. The van der Waals surface area contributed by atoms with E-state index in [1.165, 1.54) is 5.56 Å². The molecule has 0 saturated heterocycles. The Hall–Kier alpha value is -2.78. The fraction of sp³-hybridized carbons (Fsp3) is 0.474. The topological polar surface area (TPSA) is 103 Å². The molecule has 0 radical (unpaired) electrons. The van der Waals surface area contributed by atoms with Crippen LogP contribution in [0.3, 0.4) is 0 Å². The van der Waals surface area contributed by atoms with Gasteiger partial charge in [-0.05, 0) is 24.2 Å². The van der Waals surface area contributed by atoms with Crippen molar-refractivity contribution in [3.05, 3.63) is 51.7 Å². The fourth-order valence-electron chi connectivity index (χ4n) is 2.56. The summed E-state index contributed by atoms with van der Waals surface area (Å²) in [6, 6.07) is 8.23. The van der Waals surface area contributed by atoms with E-state index in [0.29, 0.717) is 13.2 Å². The molecule has 0 aliphatic heterocycles. The quantitative estimate of drug-likeness (QED) is 0.336. The van der Waals surface area contributed by atoms with E-state index in [2.05, 4.69) is 46.2 Å². The summed E-state index contributed by atoms with van der Waals surface area (Å²) >= 11 is 0. The number of ether oxygens (including phenoxy) is 2. The highest BCUT2D eigenvalue weighted by Gasteiger charge is 2.17. The average Bonchev–Trinajstić information content (AvgIpc) is 2.71. The lowest BCUT2D eigenvalue weighted by Gasteiger charge is -2.18. The van der Waals surface area contributed by atoms with Gasteiger partial charge in [-0.3, -0.25) is 15.0 Å². The largest absolute Gasteiger partial charge is 0.461 e. The van der Waals surface area contributed by atoms with Crippen LogP contribution in [-0.4, -0.2) is 53.2 Å². The number of nitrogens with one attached hydrogen (secondary N) is 1. The van der Waals surface area contributed by atoms with Gasteiger partial charge in [0.1, 0.15) is 12.8 Å². The highest BCUT2D eigenvalue weighted by Crippen LogP contribution is 2.23. The molecule has 0 saturated carbocycles. The minimum atomic E-state index is -0.519. The van der Waals surface area contributed by atoms with E-state index in [-0.39, 0.29) is 24.1 Å². The van der Waals surface area contributed by atoms with E-state index in [9.17, 15) is 10.1 Å². The normalized spacial score (nSPS) is 10.9. The van der Waals surface area contributed by atoms with Gasteiger partial charge in [0.25, 0.3) is 0 Å². The van der Waals surface area contributed by atoms with Gasteiger partial charge in [-0.25, -0.2) is 0 Å². The summed E-state index contributed by atoms with van der Waals surface area (Å²) in [7, 11) is 1.56. The van der Waals surface area contributed by atoms with Crippen LogP contribution in [0, 0.1) is 10.1 Å². The Bertz CT molecular complexity index is 750. The highest BCUT2D eigenvalue weighted by molar-refractivity contribution is 5.55. The second-order valence-electron chi connectivity index (χ2n) is 6.12. The number of nitro groups is 1. The minimum Gasteiger partial charge on any atom is -0.461 e. The Balaban J connectivity index is 2.03. The van der Waals surface area contributed by atoms with Crippen molar-refractivity contribution in [1.82, 2.24) is 14.9 Å². The predicted molar refractivity (Wildman–Crippen MR) is 106 cm³/mol. The molecular weight excluding hydrogens is 362 g/mol. The number of methoxy groups -OCH3 is 1. The maximum absolute atomic E-state index is 11.2. The molecule has 0 bridgehead atoms. The van der Waals surface area contributed by atoms with Gasteiger partial charge >= 0.3 is 11.7 Å². The summed E-state index contributed by atoms with van der Waals surface area (Å²) in [5.74, 6) is 0.125. The van der Waals surface area contributed by atoms with Crippen LogP contribution >= 0.6 is 0 Å². The summed E-state index contributed by atoms with van der Waals surface area (Å²) in [6.07, 6.45) is 1.14. The van der Waals surface area contributed by atoms with Crippen LogP contribution in [0.2, 0.25) is 0 Å². The molecule has 152 valence electrons. The van der Waals surface area contributed by atoms with E-state index in [1.807, 2.05) is 12.1 Å². The number of hydrogen-bond donors (Lipinski definition) is 1. The molecule has 0 atom stereocenters. The fourth-order valence-corrected chi connectivity index (χ4v) is 2.56. The zero-order chi connectivity index (χ0) is 20.4. The van der Waals surface area contributed by atoms with Crippen molar-refractivity contribution in [2.45, 2.75) is 26.9 Å². The molecule has 0 aliphatic carbocycles. The number of rotatable bonds is 12. The first-order chi connectivity index (χ1) is 13.6. The van der Waals surface area contributed by atoms with E-state index in [4.69, 9.17) is 9.47 Å². The molecule has 0 amide bonds. The first-order valence-electron chi connectivity index (χ1n) is 9.24. The van der Waals surface area contributed by atoms with Gasteiger partial charge in [0.2, 0.25) is 5.82 Å². The lowest BCUT2D eigenvalue weighted by molar-refractivity contribution is -0.384. The van der Waals surface area contributed by atoms with Gasteiger partial charge in [0.15, 0.2) is 0 Å². The van der Waals surface area contributed by atoms with Crippen LogP contribution in [0.5, 0.6) is 6.01 Å². The van der Waals surface area contributed by atoms with Crippen molar-refractivity contribution in [2.75, 3.05) is 38.7 Å². The van der Waals surface area contributed by atoms with Crippen molar-refractivity contribution in [3.8, 4) is 6.01 Å². The van der Waals surface area contributed by atoms with Crippen LogP contribution in [0.15, 0.2) is 30.5 Å². The van der Waals surface area contributed by atoms with Crippen molar-refractivity contribution in [3.63, 3.8) is 0 Å². The summed E-state index contributed by atoms with van der Waals surface area (Å²) in [6.45, 7) is 8.25. The molecule has 0 unspecified atom stereocenters. The predicted octanol–water partition coefficient (Wildman–Crippen LogP) is 2.86. The zero-order valence-electron chi connectivity index (χ0n) is 16.6. The third-order valence-corrected chi connectivity index (χ3v) is 4.25. The lowest BCUT2D eigenvalue weighted by atomic mass is 10.1. The first kappa shape index (κ1) is 21.5. The van der Waals surface area contributed by atoms with Gasteiger partial charge < -0.3 is 14.8 Å². The van der Waals surface area contributed by atoms with E-state index in [0.717, 1.165) is 31.4 Å². The monoisotopic (exact) mass is 389 g/mol. The number of aromatic nitrogens is 2. The number of nitrogens with zero attached hydrogens (tertiary/aromatic N) is 4. The molecule has 0 spiro atoms. The number of benzene rings is 1. The van der Waals surface area contributed by atoms with Crippen LogP contribution in [0.4, 0.5) is 11.5 Å². The standard InChI is InChI=1S/C19H27N5O4/c1-4-23(5-2)14-16-8-6-15(7-9-16)12-20-18-17(24(25)26)13-21-19(22-18)28-11-10-27-3/h6-9,13H,4-5,10-12,14H2,1-3H3,(H,20,21,22). The highest BCUT2D eigenvalue weighted by atomic mass is 16.6. The van der Waals surface area contributed by atoms with Crippen molar-refractivity contribution in [1.29, 1.82) is 0 Å². The third kappa shape index (κ3) is 6.43.